The van der Waals surface area contributed by atoms with Crippen LogP contribution in [0, 0.1) is 0 Å². The third kappa shape index (κ3) is 4.46. The van der Waals surface area contributed by atoms with Gasteiger partial charge in [-0.1, -0.05) is 0 Å². The molecule has 3 N–H and O–H groups in total. The molecule has 0 aromatic carbocycles. The maximum Gasteiger partial charge on any atom is 0.404 e. The first-order chi connectivity index (χ1) is 4.70. The van der Waals surface area contributed by atoms with Gasteiger partial charge >= 0.3 is 6.09 Å². The summed E-state index contributed by atoms with van der Waals surface area (Å²) in [5.41, 5.74) is 0. The van der Waals surface area contributed by atoms with E-state index in [2.05, 4.69) is 5.32 Å². The summed E-state index contributed by atoms with van der Waals surface area (Å²) in [7, 11) is 0. The number of aliphatic hydroxyl groups excluding tert-OH is 1. The molecule has 0 spiro atoms. The average molecular weight is 165 g/mol. The Labute approximate surface area is 63.6 Å². The molecule has 1 atom stereocenters. The van der Waals surface area contributed by atoms with Gasteiger partial charge in [0.1, 0.15) is 0 Å². The van der Waals surface area contributed by atoms with E-state index < -0.39 is 6.09 Å². The lowest BCUT2D eigenvalue weighted by atomic mass is 10.4. The van der Waals surface area contributed by atoms with Gasteiger partial charge in [0, 0.05) is 5.75 Å². The Morgan fingerprint density at radius 2 is 2.40 bits per heavy atom. The topological polar surface area (TPSA) is 69.6 Å². The molecule has 0 heterocycles. The van der Waals surface area contributed by atoms with Gasteiger partial charge in [-0.3, -0.25) is 0 Å². The van der Waals surface area contributed by atoms with E-state index in [0.29, 0.717) is 5.75 Å². The number of rotatable bonds is 4. The van der Waals surface area contributed by atoms with Crippen molar-refractivity contribution in [2.45, 2.75) is 6.04 Å². The van der Waals surface area contributed by atoms with Gasteiger partial charge in [-0.05, 0) is 6.26 Å². The lowest BCUT2D eigenvalue weighted by molar-refractivity contribution is 0.181. The fraction of sp³-hybridized carbons (Fsp3) is 0.800. The SMILES string of the molecule is CSC[C@H](CO)NC(=O)O. The van der Waals surface area contributed by atoms with Crippen LogP contribution in [0.2, 0.25) is 0 Å². The van der Waals surface area contributed by atoms with Crippen molar-refractivity contribution in [3.05, 3.63) is 0 Å². The van der Waals surface area contributed by atoms with E-state index in [1.165, 1.54) is 11.8 Å². The van der Waals surface area contributed by atoms with Crippen molar-refractivity contribution >= 4 is 17.9 Å². The van der Waals surface area contributed by atoms with Crippen LogP contribution in [-0.4, -0.2) is 41.0 Å². The minimum atomic E-state index is -1.09. The lowest BCUT2D eigenvalue weighted by Crippen LogP contribution is -2.38. The molecule has 0 radical (unpaired) electrons. The normalized spacial score (nSPS) is 12.6. The summed E-state index contributed by atoms with van der Waals surface area (Å²) in [6.07, 6.45) is 0.764. The highest BCUT2D eigenvalue weighted by Crippen LogP contribution is 1.95. The third-order valence-electron chi connectivity index (χ3n) is 0.916. The van der Waals surface area contributed by atoms with Gasteiger partial charge in [-0.15, -0.1) is 0 Å². The van der Waals surface area contributed by atoms with E-state index in [4.69, 9.17) is 10.2 Å². The van der Waals surface area contributed by atoms with Gasteiger partial charge in [0.15, 0.2) is 0 Å². The van der Waals surface area contributed by atoms with Crippen LogP contribution < -0.4 is 5.32 Å². The summed E-state index contributed by atoms with van der Waals surface area (Å²) >= 11 is 1.49. The second kappa shape index (κ2) is 5.37. The number of aliphatic hydroxyl groups is 1. The summed E-state index contributed by atoms with van der Waals surface area (Å²) in [4.78, 5) is 10.0. The number of hydrogen-bond donors (Lipinski definition) is 3. The Hall–Kier alpha value is -0.420. The predicted molar refractivity (Wildman–Crippen MR) is 40.4 cm³/mol. The van der Waals surface area contributed by atoms with Crippen LogP contribution in [0.5, 0.6) is 0 Å². The Kier molecular flexibility index (Phi) is 5.15. The summed E-state index contributed by atoms with van der Waals surface area (Å²) < 4.78 is 0. The summed E-state index contributed by atoms with van der Waals surface area (Å²) in [6, 6.07) is -0.340. The van der Waals surface area contributed by atoms with Crippen molar-refractivity contribution in [3.8, 4) is 0 Å². The molecular weight excluding hydrogens is 154 g/mol. The van der Waals surface area contributed by atoms with E-state index in [1.807, 2.05) is 6.26 Å². The first kappa shape index (κ1) is 9.58. The van der Waals surface area contributed by atoms with Crippen molar-refractivity contribution in [2.24, 2.45) is 0 Å². The molecule has 0 saturated heterocycles. The zero-order valence-electron chi connectivity index (χ0n) is 5.70. The van der Waals surface area contributed by atoms with Gasteiger partial charge in [-0.2, -0.15) is 11.8 Å². The van der Waals surface area contributed by atoms with Gasteiger partial charge in [-0.25, -0.2) is 4.79 Å². The molecular formula is C5H11NO3S. The highest BCUT2D eigenvalue weighted by atomic mass is 32.2. The lowest BCUT2D eigenvalue weighted by Gasteiger charge is -2.11. The molecule has 0 aromatic rings. The number of carbonyl (C=O) groups is 1. The fourth-order valence-electron chi connectivity index (χ4n) is 0.516. The molecule has 0 saturated carbocycles. The fourth-order valence-corrected chi connectivity index (χ4v) is 1.11. The standard InChI is InChI=1S/C5H11NO3S/c1-10-3-4(2-7)6-5(8)9/h4,6-7H,2-3H2,1H3,(H,8,9)/t4-/m0/s1. The number of amides is 1. The highest BCUT2D eigenvalue weighted by Gasteiger charge is 2.07. The average Bonchev–Trinajstić information content (AvgIpc) is 1.86. The zero-order chi connectivity index (χ0) is 7.98. The molecule has 5 heteroatoms. The summed E-state index contributed by atoms with van der Waals surface area (Å²) in [5, 5.41) is 19.0. The maximum absolute atomic E-state index is 10.0. The largest absolute Gasteiger partial charge is 0.465 e. The van der Waals surface area contributed by atoms with Crippen LogP contribution in [0.15, 0.2) is 0 Å². The number of hydrogen-bond acceptors (Lipinski definition) is 3. The van der Waals surface area contributed by atoms with E-state index in [-0.39, 0.29) is 12.6 Å². The molecule has 0 aliphatic heterocycles. The zero-order valence-corrected chi connectivity index (χ0v) is 6.52. The molecule has 0 rings (SSSR count). The quantitative estimate of drug-likeness (QED) is 0.547. The van der Waals surface area contributed by atoms with Gasteiger partial charge in [0.05, 0.1) is 12.6 Å². The van der Waals surface area contributed by atoms with Crippen LogP contribution in [-0.2, 0) is 0 Å². The number of thioether (sulfide) groups is 1. The molecule has 0 aromatic heterocycles. The van der Waals surface area contributed by atoms with Crippen LogP contribution in [0.4, 0.5) is 4.79 Å². The van der Waals surface area contributed by atoms with Gasteiger partial charge in [0.25, 0.3) is 0 Å². The van der Waals surface area contributed by atoms with Gasteiger partial charge < -0.3 is 15.5 Å². The molecule has 0 bridgehead atoms. The maximum atomic E-state index is 10.0. The molecule has 0 aliphatic rings. The Balaban J connectivity index is 3.49. The monoisotopic (exact) mass is 165 g/mol. The highest BCUT2D eigenvalue weighted by molar-refractivity contribution is 7.98. The molecule has 0 fully saturated rings. The molecule has 1 amide bonds. The Morgan fingerprint density at radius 3 is 2.70 bits per heavy atom. The molecule has 0 unspecified atom stereocenters. The summed E-state index contributed by atoms with van der Waals surface area (Å²) in [5.74, 6) is 0.600. The smallest absolute Gasteiger partial charge is 0.404 e. The number of nitrogens with one attached hydrogen (secondary N) is 1. The van der Waals surface area contributed by atoms with E-state index in [9.17, 15) is 4.79 Å². The molecule has 4 nitrogen and oxygen atoms in total. The van der Waals surface area contributed by atoms with Crippen LogP contribution in [0.25, 0.3) is 0 Å². The van der Waals surface area contributed by atoms with Crippen LogP contribution in [0.1, 0.15) is 0 Å². The second-order valence-electron chi connectivity index (χ2n) is 1.78. The molecule has 10 heavy (non-hydrogen) atoms. The van der Waals surface area contributed by atoms with Gasteiger partial charge in [0.2, 0.25) is 0 Å². The first-order valence-electron chi connectivity index (χ1n) is 2.80. The second-order valence-corrected chi connectivity index (χ2v) is 2.70. The molecule has 0 aliphatic carbocycles. The minimum absolute atomic E-state index is 0.146. The third-order valence-corrected chi connectivity index (χ3v) is 1.65. The Morgan fingerprint density at radius 1 is 1.80 bits per heavy atom. The minimum Gasteiger partial charge on any atom is -0.465 e. The van der Waals surface area contributed by atoms with E-state index in [1.54, 1.807) is 0 Å². The van der Waals surface area contributed by atoms with Crippen LogP contribution in [0.3, 0.4) is 0 Å². The van der Waals surface area contributed by atoms with Crippen molar-refractivity contribution in [1.82, 2.24) is 5.32 Å². The van der Waals surface area contributed by atoms with Crippen LogP contribution >= 0.6 is 11.8 Å². The number of carboxylic acid groups (broad SMARTS) is 1. The van der Waals surface area contributed by atoms with E-state index >= 15 is 0 Å². The summed E-state index contributed by atoms with van der Waals surface area (Å²) in [6.45, 7) is -0.146. The van der Waals surface area contributed by atoms with Crippen molar-refractivity contribution in [2.75, 3.05) is 18.6 Å². The molecule has 60 valence electrons. The van der Waals surface area contributed by atoms with Crippen molar-refractivity contribution in [1.29, 1.82) is 0 Å². The Bertz CT molecular complexity index is 109. The van der Waals surface area contributed by atoms with E-state index in [0.717, 1.165) is 0 Å². The van der Waals surface area contributed by atoms with Crippen molar-refractivity contribution in [3.63, 3.8) is 0 Å². The predicted octanol–water partition coefficient (Wildman–Crippen LogP) is -0.0221. The first-order valence-corrected chi connectivity index (χ1v) is 4.19. The van der Waals surface area contributed by atoms with Crippen molar-refractivity contribution < 1.29 is 15.0 Å².